The van der Waals surface area contributed by atoms with Crippen molar-refractivity contribution in [3.8, 4) is 0 Å². The van der Waals surface area contributed by atoms with Gasteiger partial charge in [0, 0.05) is 22.5 Å². The molecule has 0 aliphatic carbocycles. The molecule has 1 heterocycles. The molecule has 1 amide bonds. The van der Waals surface area contributed by atoms with E-state index >= 15 is 0 Å². The van der Waals surface area contributed by atoms with Gasteiger partial charge in [0.05, 0.1) is 18.6 Å². The Morgan fingerprint density at radius 1 is 0.793 bits per heavy atom. The van der Waals surface area contributed by atoms with Crippen LogP contribution in [0.4, 0.5) is 0 Å². The third-order valence-corrected chi connectivity index (χ3v) is 6.55. The maximum Gasteiger partial charge on any atom is 0.237 e. The first-order valence-electron chi connectivity index (χ1n) is 9.57. The third-order valence-electron chi connectivity index (χ3n) is 5.49. The lowest BCUT2D eigenvalue weighted by molar-refractivity contribution is -0.142. The molecule has 0 aromatic heterocycles. The molecule has 5 heteroatoms. The van der Waals surface area contributed by atoms with Crippen molar-refractivity contribution in [2.75, 3.05) is 13.6 Å². The second kappa shape index (κ2) is 8.82. The van der Waals surface area contributed by atoms with Crippen LogP contribution in [0.2, 0.25) is 0 Å². The Morgan fingerprint density at radius 2 is 1.31 bits per heavy atom. The number of benzene rings is 3. The number of carbonyl (C=O) groups is 1. The second-order valence-electron chi connectivity index (χ2n) is 7.39. The fourth-order valence-electron chi connectivity index (χ4n) is 4.04. The zero-order valence-corrected chi connectivity index (χ0v) is 19.3. The van der Waals surface area contributed by atoms with E-state index in [-0.39, 0.29) is 18.0 Å². The van der Waals surface area contributed by atoms with Gasteiger partial charge < -0.3 is 4.90 Å². The van der Waals surface area contributed by atoms with Crippen LogP contribution in [-0.2, 0) is 11.3 Å². The molecule has 0 spiro atoms. The summed E-state index contributed by atoms with van der Waals surface area (Å²) in [7, 11) is 1.92. The fourth-order valence-corrected chi connectivity index (χ4v) is 4.57. The quantitative estimate of drug-likeness (QED) is 0.429. The molecular formula is C24H22Br2N2O. The van der Waals surface area contributed by atoms with Crippen molar-refractivity contribution in [1.82, 2.24) is 9.80 Å². The molecule has 1 aliphatic heterocycles. The first-order valence-corrected chi connectivity index (χ1v) is 11.2. The van der Waals surface area contributed by atoms with Crippen molar-refractivity contribution in [1.29, 1.82) is 0 Å². The van der Waals surface area contributed by atoms with Crippen LogP contribution in [0, 0.1) is 0 Å². The Balaban J connectivity index is 1.79. The lowest BCUT2D eigenvalue weighted by Crippen LogP contribution is -2.51. The van der Waals surface area contributed by atoms with Crippen molar-refractivity contribution in [3.63, 3.8) is 0 Å². The third kappa shape index (κ3) is 4.47. The van der Waals surface area contributed by atoms with Crippen LogP contribution in [0.5, 0.6) is 0 Å². The number of halogens is 2. The second-order valence-corrected chi connectivity index (χ2v) is 9.22. The molecule has 3 aromatic rings. The number of hydrogen-bond donors (Lipinski definition) is 0. The molecule has 0 radical (unpaired) electrons. The molecule has 4 rings (SSSR count). The summed E-state index contributed by atoms with van der Waals surface area (Å²) in [5.41, 5.74) is 3.55. The highest BCUT2D eigenvalue weighted by Gasteiger charge is 2.40. The minimum atomic E-state index is -0.0609. The highest BCUT2D eigenvalue weighted by atomic mass is 79.9. The molecule has 148 valence electrons. The van der Waals surface area contributed by atoms with E-state index in [2.05, 4.69) is 85.3 Å². The lowest BCUT2D eigenvalue weighted by Gasteiger charge is -2.46. The van der Waals surface area contributed by atoms with E-state index in [9.17, 15) is 4.79 Å². The van der Waals surface area contributed by atoms with Gasteiger partial charge in [0.15, 0.2) is 0 Å². The topological polar surface area (TPSA) is 23.6 Å². The van der Waals surface area contributed by atoms with E-state index in [4.69, 9.17) is 0 Å². The van der Waals surface area contributed by atoms with Gasteiger partial charge in [0.1, 0.15) is 0 Å². The van der Waals surface area contributed by atoms with Gasteiger partial charge in [-0.2, -0.15) is 0 Å². The molecule has 3 aromatic carbocycles. The molecule has 0 saturated carbocycles. The molecule has 3 nitrogen and oxygen atoms in total. The predicted octanol–water partition coefficient (Wildman–Crippen LogP) is 5.97. The zero-order valence-electron chi connectivity index (χ0n) is 16.1. The largest absolute Gasteiger partial charge is 0.336 e. The number of amides is 1. The van der Waals surface area contributed by atoms with E-state index in [1.807, 2.05) is 42.3 Å². The lowest BCUT2D eigenvalue weighted by atomic mass is 9.88. The number of carbonyl (C=O) groups excluding carboxylic acids is 1. The standard InChI is InChI=1S/C24H22Br2N2O/c1-27-22(29)16-28(15-17-5-3-2-4-6-17)24(19-9-13-21(26)14-10-19)23(27)18-7-11-20(25)12-8-18/h2-14,23-24H,15-16H2,1H3/t23-,24+/m0/s1. The summed E-state index contributed by atoms with van der Waals surface area (Å²) in [5, 5.41) is 0. The summed E-state index contributed by atoms with van der Waals surface area (Å²) in [5.74, 6) is 0.141. The minimum Gasteiger partial charge on any atom is -0.336 e. The van der Waals surface area contributed by atoms with Crippen molar-refractivity contribution >= 4 is 37.8 Å². The van der Waals surface area contributed by atoms with Crippen LogP contribution in [-0.4, -0.2) is 29.3 Å². The number of rotatable bonds is 4. The maximum absolute atomic E-state index is 12.9. The van der Waals surface area contributed by atoms with Crippen LogP contribution in [0.15, 0.2) is 87.8 Å². The molecule has 2 atom stereocenters. The molecule has 0 bridgehead atoms. The van der Waals surface area contributed by atoms with E-state index < -0.39 is 0 Å². The molecule has 0 unspecified atom stereocenters. The molecule has 1 aliphatic rings. The Kier molecular flexibility index (Phi) is 6.18. The van der Waals surface area contributed by atoms with Crippen LogP contribution in [0.1, 0.15) is 28.8 Å². The van der Waals surface area contributed by atoms with Gasteiger partial charge >= 0.3 is 0 Å². The molecule has 1 saturated heterocycles. The Labute approximate surface area is 188 Å². The van der Waals surface area contributed by atoms with Crippen LogP contribution >= 0.6 is 31.9 Å². The van der Waals surface area contributed by atoms with Gasteiger partial charge in [-0.25, -0.2) is 0 Å². The van der Waals surface area contributed by atoms with Crippen molar-refractivity contribution < 1.29 is 4.79 Å². The smallest absolute Gasteiger partial charge is 0.237 e. The predicted molar refractivity (Wildman–Crippen MR) is 123 cm³/mol. The Hall–Kier alpha value is -1.95. The average Bonchev–Trinajstić information content (AvgIpc) is 2.73. The van der Waals surface area contributed by atoms with E-state index in [0.717, 1.165) is 21.1 Å². The SMILES string of the molecule is CN1C(=O)CN(Cc2ccccc2)[C@H](c2ccc(Br)cc2)[C@@H]1c1ccc(Br)cc1. The number of likely N-dealkylation sites (N-methyl/N-ethyl adjacent to an activating group) is 1. The molecule has 29 heavy (non-hydrogen) atoms. The highest BCUT2D eigenvalue weighted by Crippen LogP contribution is 2.42. The van der Waals surface area contributed by atoms with Gasteiger partial charge in [0.25, 0.3) is 0 Å². The van der Waals surface area contributed by atoms with Gasteiger partial charge in [-0.1, -0.05) is 86.5 Å². The Morgan fingerprint density at radius 3 is 1.86 bits per heavy atom. The normalized spacial score (nSPS) is 20.1. The van der Waals surface area contributed by atoms with Crippen molar-refractivity contribution in [2.24, 2.45) is 0 Å². The van der Waals surface area contributed by atoms with E-state index in [1.54, 1.807) is 0 Å². The zero-order chi connectivity index (χ0) is 20.4. The van der Waals surface area contributed by atoms with Gasteiger partial charge in [-0.3, -0.25) is 9.69 Å². The van der Waals surface area contributed by atoms with Gasteiger partial charge in [0.2, 0.25) is 5.91 Å². The summed E-state index contributed by atoms with van der Waals surface area (Å²) >= 11 is 7.07. The summed E-state index contributed by atoms with van der Waals surface area (Å²) in [6.45, 7) is 1.13. The molecular weight excluding hydrogens is 492 g/mol. The van der Waals surface area contributed by atoms with Crippen LogP contribution in [0.3, 0.4) is 0 Å². The van der Waals surface area contributed by atoms with Crippen LogP contribution < -0.4 is 0 Å². The monoisotopic (exact) mass is 512 g/mol. The average molecular weight is 514 g/mol. The summed E-state index contributed by atoms with van der Waals surface area (Å²) < 4.78 is 2.09. The fraction of sp³-hybridized carbons (Fsp3) is 0.208. The highest BCUT2D eigenvalue weighted by molar-refractivity contribution is 9.10. The van der Waals surface area contributed by atoms with Crippen molar-refractivity contribution in [2.45, 2.75) is 18.6 Å². The molecule has 0 N–H and O–H groups in total. The number of nitrogens with zero attached hydrogens (tertiary/aromatic N) is 2. The van der Waals surface area contributed by atoms with Gasteiger partial charge in [-0.15, -0.1) is 0 Å². The van der Waals surface area contributed by atoms with E-state index in [1.165, 1.54) is 11.1 Å². The Bertz CT molecular complexity index is 974. The molecule has 1 fully saturated rings. The minimum absolute atomic E-state index is 0.0609. The van der Waals surface area contributed by atoms with E-state index in [0.29, 0.717) is 6.54 Å². The summed E-state index contributed by atoms with van der Waals surface area (Å²) in [6.07, 6.45) is 0. The van der Waals surface area contributed by atoms with Crippen molar-refractivity contribution in [3.05, 3.63) is 104 Å². The first-order chi connectivity index (χ1) is 14.0. The van der Waals surface area contributed by atoms with Gasteiger partial charge in [-0.05, 0) is 41.0 Å². The first kappa shape index (κ1) is 20.3. The van der Waals surface area contributed by atoms with Crippen LogP contribution in [0.25, 0.3) is 0 Å². The number of hydrogen-bond acceptors (Lipinski definition) is 2. The number of piperazine rings is 1. The maximum atomic E-state index is 12.9. The summed E-state index contributed by atoms with van der Waals surface area (Å²) in [6, 6.07) is 27.1. The summed E-state index contributed by atoms with van der Waals surface area (Å²) in [4.78, 5) is 17.1.